The highest BCUT2D eigenvalue weighted by molar-refractivity contribution is 7.89. The topological polar surface area (TPSA) is 94.9 Å². The molecule has 0 amide bonds. The van der Waals surface area contributed by atoms with Crippen LogP contribution in [0, 0.1) is 0 Å². The van der Waals surface area contributed by atoms with E-state index < -0.39 is 22.1 Å². The molecule has 1 aromatic carbocycles. The normalized spacial score (nSPS) is 20.1. The molecule has 0 spiro atoms. The third kappa shape index (κ3) is 2.34. The highest BCUT2D eigenvalue weighted by atomic mass is 32.2. The average Bonchev–Trinajstić information content (AvgIpc) is 3.02. The van der Waals surface area contributed by atoms with Crippen LogP contribution in [0.5, 0.6) is 0 Å². The van der Waals surface area contributed by atoms with Crippen LogP contribution in [0.25, 0.3) is 10.1 Å². The highest BCUT2D eigenvalue weighted by Crippen LogP contribution is 2.37. The third-order valence-corrected chi connectivity index (χ3v) is 6.71. The molecule has 8 heteroatoms. The number of rotatable bonds is 3. The van der Waals surface area contributed by atoms with Crippen LogP contribution in [-0.4, -0.2) is 48.1 Å². The van der Waals surface area contributed by atoms with E-state index in [-0.39, 0.29) is 22.9 Å². The van der Waals surface area contributed by atoms with E-state index in [4.69, 9.17) is 0 Å². The second-order valence-corrected chi connectivity index (χ2v) is 7.79. The van der Waals surface area contributed by atoms with Crippen molar-refractivity contribution in [1.29, 1.82) is 0 Å². The molecule has 1 aliphatic rings. The number of hydrogen-bond donors (Lipinski definition) is 2. The molecule has 1 aromatic heterocycles. The van der Waals surface area contributed by atoms with E-state index in [0.29, 0.717) is 16.5 Å². The Kier molecular flexibility index (Phi) is 3.48. The van der Waals surface area contributed by atoms with Gasteiger partial charge in [0, 0.05) is 23.2 Å². The predicted octanol–water partition coefficient (Wildman–Crippen LogP) is 1.35. The number of aliphatic hydroxyl groups is 1. The number of carbonyl (C=O) groups is 1. The Morgan fingerprint density at radius 1 is 1.33 bits per heavy atom. The van der Waals surface area contributed by atoms with Crippen LogP contribution in [0.2, 0.25) is 0 Å². The predicted molar refractivity (Wildman–Crippen MR) is 78.2 cm³/mol. The Hall–Kier alpha value is -1.48. The van der Waals surface area contributed by atoms with Gasteiger partial charge in [-0.3, -0.25) is 0 Å². The largest absolute Gasteiger partial charge is 0.477 e. The fourth-order valence-electron chi connectivity index (χ4n) is 2.48. The lowest BCUT2D eigenvalue weighted by Crippen LogP contribution is -2.30. The first kappa shape index (κ1) is 14.5. The number of carboxylic acid groups (broad SMARTS) is 1. The van der Waals surface area contributed by atoms with Crippen LogP contribution in [0.3, 0.4) is 0 Å². The van der Waals surface area contributed by atoms with Crippen molar-refractivity contribution in [3.63, 3.8) is 0 Å². The van der Waals surface area contributed by atoms with Crippen LogP contribution < -0.4 is 0 Å². The Labute approximate surface area is 125 Å². The molecule has 1 saturated heterocycles. The summed E-state index contributed by atoms with van der Waals surface area (Å²) in [5.41, 5.74) is 0. The van der Waals surface area contributed by atoms with Crippen LogP contribution in [-0.2, 0) is 10.0 Å². The minimum absolute atomic E-state index is 0.00552. The molecule has 3 rings (SSSR count). The quantitative estimate of drug-likeness (QED) is 0.887. The minimum Gasteiger partial charge on any atom is -0.477 e. The van der Waals surface area contributed by atoms with Crippen molar-refractivity contribution in [3.05, 3.63) is 29.1 Å². The van der Waals surface area contributed by atoms with E-state index in [1.165, 1.54) is 0 Å². The van der Waals surface area contributed by atoms with E-state index in [1.54, 1.807) is 24.3 Å². The fourth-order valence-corrected chi connectivity index (χ4v) is 5.67. The summed E-state index contributed by atoms with van der Waals surface area (Å²) in [5, 5.41) is 19.3. The van der Waals surface area contributed by atoms with Gasteiger partial charge in [0.1, 0.15) is 9.77 Å². The summed E-state index contributed by atoms with van der Waals surface area (Å²) in [6.07, 6.45) is -0.332. The number of nitrogens with zero attached hydrogens (tertiary/aromatic N) is 1. The summed E-state index contributed by atoms with van der Waals surface area (Å²) in [4.78, 5) is 11.1. The summed E-state index contributed by atoms with van der Waals surface area (Å²) >= 11 is 0.951. The maximum Gasteiger partial charge on any atom is 0.347 e. The average molecular weight is 327 g/mol. The molecule has 0 radical (unpaired) electrons. The molecule has 1 fully saturated rings. The second-order valence-electron chi connectivity index (χ2n) is 4.87. The maximum atomic E-state index is 12.7. The van der Waals surface area contributed by atoms with Crippen molar-refractivity contribution in [2.75, 3.05) is 13.1 Å². The maximum absolute atomic E-state index is 12.7. The SMILES string of the molecule is O=C(O)c1sc2ccccc2c1S(=O)(=O)N1CC[C@@H](O)C1. The van der Waals surface area contributed by atoms with Gasteiger partial charge in [0.2, 0.25) is 10.0 Å². The molecular formula is C13H13NO5S2. The van der Waals surface area contributed by atoms with Gasteiger partial charge in [-0.05, 0) is 12.5 Å². The molecule has 2 heterocycles. The zero-order valence-electron chi connectivity index (χ0n) is 10.9. The van der Waals surface area contributed by atoms with Crippen molar-refractivity contribution in [3.8, 4) is 0 Å². The number of sulfonamides is 1. The number of thiophene rings is 1. The van der Waals surface area contributed by atoms with Crippen LogP contribution in [0.1, 0.15) is 16.1 Å². The number of aliphatic hydroxyl groups excluding tert-OH is 1. The number of aromatic carboxylic acids is 1. The van der Waals surface area contributed by atoms with E-state index >= 15 is 0 Å². The molecule has 112 valence electrons. The Morgan fingerprint density at radius 2 is 2.05 bits per heavy atom. The van der Waals surface area contributed by atoms with Gasteiger partial charge >= 0.3 is 5.97 Å². The molecule has 1 aliphatic heterocycles. The summed E-state index contributed by atoms with van der Waals surface area (Å²) in [6.45, 7) is 0.207. The van der Waals surface area contributed by atoms with Crippen molar-refractivity contribution in [1.82, 2.24) is 4.31 Å². The summed E-state index contributed by atoms with van der Waals surface area (Å²) in [7, 11) is -3.93. The zero-order valence-corrected chi connectivity index (χ0v) is 12.5. The monoisotopic (exact) mass is 327 g/mol. The van der Waals surface area contributed by atoms with Gasteiger partial charge in [-0.1, -0.05) is 18.2 Å². The first-order valence-electron chi connectivity index (χ1n) is 6.34. The van der Waals surface area contributed by atoms with Gasteiger partial charge in [0.25, 0.3) is 0 Å². The Balaban J connectivity index is 2.23. The summed E-state index contributed by atoms with van der Waals surface area (Å²) in [6, 6.07) is 6.72. The molecule has 6 nitrogen and oxygen atoms in total. The molecule has 0 unspecified atom stereocenters. The van der Waals surface area contributed by atoms with Crippen LogP contribution in [0.15, 0.2) is 29.2 Å². The Morgan fingerprint density at radius 3 is 2.67 bits per heavy atom. The molecular weight excluding hydrogens is 314 g/mol. The summed E-state index contributed by atoms with van der Waals surface area (Å²) < 4.78 is 27.2. The van der Waals surface area contributed by atoms with E-state index in [9.17, 15) is 23.4 Å². The number of benzene rings is 1. The van der Waals surface area contributed by atoms with E-state index in [0.717, 1.165) is 15.6 Å². The summed E-state index contributed by atoms with van der Waals surface area (Å²) in [5.74, 6) is -1.26. The molecule has 2 N–H and O–H groups in total. The second kappa shape index (κ2) is 5.06. The van der Waals surface area contributed by atoms with Gasteiger partial charge in [0.15, 0.2) is 0 Å². The van der Waals surface area contributed by atoms with Crippen LogP contribution in [0.4, 0.5) is 0 Å². The number of β-amino-alcohol motifs (C(OH)–C–C–N with tert-alkyl or cyclic N) is 1. The molecule has 0 bridgehead atoms. The van der Waals surface area contributed by atoms with Crippen molar-refractivity contribution in [2.24, 2.45) is 0 Å². The first-order chi connectivity index (χ1) is 9.91. The molecule has 0 aliphatic carbocycles. The van der Waals surface area contributed by atoms with Crippen molar-refractivity contribution >= 4 is 37.4 Å². The number of carboxylic acids is 1. The number of fused-ring (bicyclic) bond motifs is 1. The first-order valence-corrected chi connectivity index (χ1v) is 8.60. The van der Waals surface area contributed by atoms with Crippen molar-refractivity contribution in [2.45, 2.75) is 17.4 Å². The third-order valence-electron chi connectivity index (χ3n) is 3.47. The lowest BCUT2D eigenvalue weighted by molar-refractivity contribution is 0.0698. The lowest BCUT2D eigenvalue weighted by atomic mass is 10.2. The smallest absolute Gasteiger partial charge is 0.347 e. The molecule has 21 heavy (non-hydrogen) atoms. The zero-order chi connectivity index (χ0) is 15.2. The van der Waals surface area contributed by atoms with Gasteiger partial charge in [0.05, 0.1) is 6.10 Å². The Bertz CT molecular complexity index is 811. The molecule has 2 aromatic rings. The standard InChI is InChI=1S/C13H13NO5S2/c15-8-5-6-14(7-8)21(18,19)12-9-3-1-2-4-10(9)20-11(12)13(16)17/h1-4,8,15H,5-7H2,(H,16,17)/t8-/m1/s1. The fraction of sp³-hybridized carbons (Fsp3) is 0.308. The molecule has 1 atom stereocenters. The molecule has 0 saturated carbocycles. The lowest BCUT2D eigenvalue weighted by Gasteiger charge is -2.15. The highest BCUT2D eigenvalue weighted by Gasteiger charge is 2.36. The van der Waals surface area contributed by atoms with Gasteiger partial charge in [-0.2, -0.15) is 4.31 Å². The van der Waals surface area contributed by atoms with Gasteiger partial charge < -0.3 is 10.2 Å². The van der Waals surface area contributed by atoms with E-state index in [2.05, 4.69) is 0 Å². The van der Waals surface area contributed by atoms with Gasteiger partial charge in [-0.15, -0.1) is 11.3 Å². The minimum atomic E-state index is -3.93. The van der Waals surface area contributed by atoms with Gasteiger partial charge in [-0.25, -0.2) is 13.2 Å². The van der Waals surface area contributed by atoms with E-state index in [1.807, 2.05) is 0 Å². The van der Waals surface area contributed by atoms with Crippen molar-refractivity contribution < 1.29 is 23.4 Å². The number of hydrogen-bond acceptors (Lipinski definition) is 5. The van der Waals surface area contributed by atoms with Crippen LogP contribution >= 0.6 is 11.3 Å².